The molecule has 1 aromatic carbocycles. The summed E-state index contributed by atoms with van der Waals surface area (Å²) >= 11 is 0. The minimum atomic E-state index is -1.37. The maximum Gasteiger partial charge on any atom is 1.00 e. The number of ether oxygens (including phenoxy) is 1. The number of hydrogen-bond donors (Lipinski definition) is 0. The van der Waals surface area contributed by atoms with E-state index < -0.39 is 11.9 Å². The van der Waals surface area contributed by atoms with Crippen LogP contribution < -0.4 is 56.5 Å². The summed E-state index contributed by atoms with van der Waals surface area (Å²) in [5, 5.41) is 28.4. The van der Waals surface area contributed by atoms with Gasteiger partial charge in [-0.1, -0.05) is 18.2 Å². The summed E-state index contributed by atoms with van der Waals surface area (Å²) in [6, 6.07) is 8.13. The second-order valence-corrected chi connectivity index (χ2v) is 4.00. The summed E-state index contributed by atoms with van der Waals surface area (Å²) in [5.74, 6) is -2.12. The van der Waals surface area contributed by atoms with Gasteiger partial charge in [0.25, 0.3) is 0 Å². The topological polar surface area (TPSA) is 114 Å². The summed E-state index contributed by atoms with van der Waals surface area (Å²) in [4.78, 5) is 21.9. The Kier molecular flexibility index (Phi) is 10.1. The smallest absolute Gasteiger partial charge is 0.545 e. The molecule has 6 nitrogen and oxygen atoms in total. The second-order valence-electron chi connectivity index (χ2n) is 4.00. The minimum absolute atomic E-state index is 0. The van der Waals surface area contributed by atoms with Gasteiger partial charge in [-0.2, -0.15) is 10.5 Å². The first-order valence-electron chi connectivity index (χ1n) is 6.24. The van der Waals surface area contributed by atoms with E-state index in [4.69, 9.17) is 15.3 Å². The summed E-state index contributed by atoms with van der Waals surface area (Å²) in [6.07, 6.45) is 3.34. The van der Waals surface area contributed by atoms with Crippen molar-refractivity contribution < 1.29 is 70.8 Å². The Morgan fingerprint density at radius 3 is 2.57 bits per heavy atom. The average molecular weight is 334 g/mol. The molecule has 0 saturated heterocycles. The van der Waals surface area contributed by atoms with Crippen LogP contribution in [0.2, 0.25) is 0 Å². The van der Waals surface area contributed by atoms with Gasteiger partial charge in [0.2, 0.25) is 0 Å². The van der Waals surface area contributed by atoms with E-state index in [1.165, 1.54) is 24.3 Å². The van der Waals surface area contributed by atoms with Crippen LogP contribution in [0, 0.1) is 22.7 Å². The molecule has 0 N–H and O–H groups in total. The molecule has 0 radical (unpaired) electrons. The molecule has 7 heteroatoms. The number of carbonyl (C=O) groups is 2. The Bertz CT molecular complexity index is 739. The molecule has 0 spiro atoms. The Hall–Kier alpha value is -1.74. The predicted molar refractivity (Wildman–Crippen MR) is 75.4 cm³/mol. The fourth-order valence-corrected chi connectivity index (χ4v) is 1.58. The van der Waals surface area contributed by atoms with Gasteiger partial charge in [-0.15, -0.1) is 0 Å². The number of carboxylic acids is 1. The van der Waals surface area contributed by atoms with E-state index in [2.05, 4.69) is 0 Å². The molecule has 0 saturated carbocycles. The molecule has 0 fully saturated rings. The fourth-order valence-electron chi connectivity index (χ4n) is 1.58. The van der Waals surface area contributed by atoms with Gasteiger partial charge in [-0.25, -0.2) is 4.79 Å². The van der Waals surface area contributed by atoms with E-state index in [1.54, 1.807) is 19.1 Å². The van der Waals surface area contributed by atoms with Gasteiger partial charge in [-0.3, -0.25) is 0 Å². The van der Waals surface area contributed by atoms with Gasteiger partial charge in [0, 0.05) is 0 Å². The van der Waals surface area contributed by atoms with Crippen molar-refractivity contribution in [3.63, 3.8) is 0 Å². The molecule has 0 unspecified atom stereocenters. The quantitative estimate of drug-likeness (QED) is 0.261. The van der Waals surface area contributed by atoms with Crippen LogP contribution in [-0.2, 0) is 14.3 Å². The maximum atomic E-state index is 11.5. The number of rotatable bonds is 5. The average Bonchev–Trinajstić information content (AvgIpc) is 2.50. The molecule has 110 valence electrons. The van der Waals surface area contributed by atoms with Crippen molar-refractivity contribution in [2.75, 3.05) is 6.61 Å². The van der Waals surface area contributed by atoms with Crippen molar-refractivity contribution in [3.8, 4) is 12.1 Å². The van der Waals surface area contributed by atoms with E-state index in [1.807, 2.05) is 6.07 Å². The van der Waals surface area contributed by atoms with Crippen LogP contribution in [0.1, 0.15) is 23.6 Å². The molecule has 0 bridgehead atoms. The van der Waals surface area contributed by atoms with Crippen molar-refractivity contribution in [3.05, 3.63) is 46.5 Å². The summed E-state index contributed by atoms with van der Waals surface area (Å²) in [7, 11) is 0. The number of aliphatic carboxylic acids is 1. The standard InChI is InChI=1S/C16H12N2O4.K/c1-2-22-16(21)14(10-18)8-11-3-4-12(5-6-15(19)20)13(7-11)9-17;/h3-8H,2H2,1H3,(H,19,20);/q;+1/p-1. The zero-order valence-corrected chi connectivity index (χ0v) is 15.8. The predicted octanol–water partition coefficient (Wildman–Crippen LogP) is -2.20. The molecule has 0 amide bonds. The van der Waals surface area contributed by atoms with Crippen LogP contribution in [0.3, 0.4) is 0 Å². The molecule has 0 heterocycles. The van der Waals surface area contributed by atoms with E-state index in [0.717, 1.165) is 6.08 Å². The van der Waals surface area contributed by atoms with E-state index in [9.17, 15) is 14.7 Å². The third kappa shape index (κ3) is 6.91. The third-order valence-corrected chi connectivity index (χ3v) is 2.52. The Morgan fingerprint density at radius 1 is 1.35 bits per heavy atom. The Morgan fingerprint density at radius 2 is 2.04 bits per heavy atom. The number of nitriles is 2. The molecule has 0 aromatic heterocycles. The molecule has 0 atom stereocenters. The van der Waals surface area contributed by atoms with Crippen LogP contribution in [0.4, 0.5) is 0 Å². The first kappa shape index (κ1) is 21.3. The van der Waals surface area contributed by atoms with Crippen LogP contribution in [0.15, 0.2) is 29.8 Å². The molecule has 1 rings (SSSR count). The SMILES string of the molecule is CCOC(=O)C(C#N)=Cc1ccc(C=CC(=O)[O-])c(C#N)c1.[K+]. The normalized spacial score (nSPS) is 10.3. The first-order valence-corrected chi connectivity index (χ1v) is 6.24. The molecule has 0 aliphatic heterocycles. The van der Waals surface area contributed by atoms with E-state index in [0.29, 0.717) is 11.1 Å². The van der Waals surface area contributed by atoms with Gasteiger partial charge in [-0.05, 0) is 36.3 Å². The zero-order chi connectivity index (χ0) is 16.5. The van der Waals surface area contributed by atoms with Gasteiger partial charge < -0.3 is 14.6 Å². The molecule has 1 aromatic rings. The van der Waals surface area contributed by atoms with Crippen LogP contribution in [-0.4, -0.2) is 18.5 Å². The van der Waals surface area contributed by atoms with Crippen molar-refractivity contribution in [1.82, 2.24) is 0 Å². The molecular formula is C16H11KN2O4. The van der Waals surface area contributed by atoms with E-state index >= 15 is 0 Å². The van der Waals surface area contributed by atoms with Gasteiger partial charge in [0.15, 0.2) is 0 Å². The molecule has 23 heavy (non-hydrogen) atoms. The summed E-state index contributed by atoms with van der Waals surface area (Å²) in [5.41, 5.74) is 0.849. The van der Waals surface area contributed by atoms with Crippen LogP contribution in [0.25, 0.3) is 12.2 Å². The number of nitrogens with zero attached hydrogens (tertiary/aromatic N) is 2. The number of esters is 1. The van der Waals surface area contributed by atoms with Crippen LogP contribution >= 0.6 is 0 Å². The number of carboxylic acid groups (broad SMARTS) is 1. The maximum absolute atomic E-state index is 11.5. The largest absolute Gasteiger partial charge is 1.00 e. The Balaban J connectivity index is 0.00000484. The molecular weight excluding hydrogens is 323 g/mol. The fraction of sp³-hybridized carbons (Fsp3) is 0.125. The van der Waals surface area contributed by atoms with Gasteiger partial charge >= 0.3 is 57.4 Å². The van der Waals surface area contributed by atoms with Crippen LogP contribution in [0.5, 0.6) is 0 Å². The van der Waals surface area contributed by atoms with E-state index in [-0.39, 0.29) is 69.1 Å². The Labute approximate surface area is 176 Å². The molecule has 0 aliphatic rings. The monoisotopic (exact) mass is 334 g/mol. The van der Waals surface area contributed by atoms with Crippen molar-refractivity contribution in [1.29, 1.82) is 10.5 Å². The van der Waals surface area contributed by atoms with Gasteiger partial charge in [0.1, 0.15) is 11.6 Å². The van der Waals surface area contributed by atoms with Crippen molar-refractivity contribution >= 4 is 24.1 Å². The number of carbonyl (C=O) groups excluding carboxylic acids is 2. The third-order valence-electron chi connectivity index (χ3n) is 2.52. The summed E-state index contributed by atoms with van der Waals surface area (Å²) < 4.78 is 4.73. The van der Waals surface area contributed by atoms with Gasteiger partial charge in [0.05, 0.1) is 24.2 Å². The summed E-state index contributed by atoms with van der Waals surface area (Å²) in [6.45, 7) is 1.77. The number of hydrogen-bond acceptors (Lipinski definition) is 6. The van der Waals surface area contributed by atoms with Crippen molar-refractivity contribution in [2.24, 2.45) is 0 Å². The minimum Gasteiger partial charge on any atom is -0.545 e. The van der Waals surface area contributed by atoms with Crippen molar-refractivity contribution in [2.45, 2.75) is 6.92 Å². The number of benzene rings is 1. The first-order chi connectivity index (χ1) is 10.5. The molecule has 0 aliphatic carbocycles. The second kappa shape index (κ2) is 10.9. The zero-order valence-electron chi connectivity index (χ0n) is 12.7.